The van der Waals surface area contributed by atoms with E-state index >= 15 is 0 Å². The zero-order valence-corrected chi connectivity index (χ0v) is 5.95. The van der Waals surface area contributed by atoms with Crippen LogP contribution in [0.4, 0.5) is 8.78 Å². The van der Waals surface area contributed by atoms with Gasteiger partial charge in [-0.1, -0.05) is 15.9 Å². The Kier molecular flexibility index (Phi) is 2.83. The lowest BCUT2D eigenvalue weighted by Crippen LogP contribution is -2.30. The van der Waals surface area contributed by atoms with Gasteiger partial charge in [0, 0.05) is 0 Å². The van der Waals surface area contributed by atoms with Gasteiger partial charge in [0.1, 0.15) is 4.32 Å². The quantitative estimate of drug-likeness (QED) is 0.651. The molecule has 0 radical (unpaired) electrons. The lowest BCUT2D eigenvalue weighted by molar-refractivity contribution is 0.0759. The monoisotopic (exact) mass is 188 g/mol. The van der Waals surface area contributed by atoms with E-state index in [9.17, 15) is 8.78 Å². The van der Waals surface area contributed by atoms with Crippen molar-refractivity contribution in [1.82, 2.24) is 0 Å². The molecular formula is C4H7BrF2O. The van der Waals surface area contributed by atoms with Crippen LogP contribution < -0.4 is 0 Å². The Balaban J connectivity index is 3.71. The fraction of sp³-hybridized carbons (Fsp3) is 1.00. The van der Waals surface area contributed by atoms with Gasteiger partial charge >= 0.3 is 0 Å². The van der Waals surface area contributed by atoms with Crippen LogP contribution in [0.25, 0.3) is 0 Å². The topological polar surface area (TPSA) is 20.2 Å². The van der Waals surface area contributed by atoms with Crippen LogP contribution in [-0.4, -0.2) is 22.5 Å². The van der Waals surface area contributed by atoms with E-state index in [1.807, 2.05) is 0 Å². The summed E-state index contributed by atoms with van der Waals surface area (Å²) >= 11 is 2.65. The van der Waals surface area contributed by atoms with Crippen LogP contribution in [0.1, 0.15) is 6.92 Å². The molecular weight excluding hydrogens is 182 g/mol. The largest absolute Gasteiger partial charge is 0.395 e. The standard InChI is InChI=1S/C4H7BrF2O/c1-4(5,2-8)3(6)7/h3,8H,2H2,1H3. The zero-order chi connectivity index (χ0) is 6.78. The van der Waals surface area contributed by atoms with Crippen LogP contribution in [0.5, 0.6) is 0 Å². The molecule has 0 heterocycles. The van der Waals surface area contributed by atoms with Crippen molar-refractivity contribution >= 4 is 15.9 Å². The summed E-state index contributed by atoms with van der Waals surface area (Å²) in [6.07, 6.45) is -2.52. The van der Waals surface area contributed by atoms with Crippen LogP contribution in [0.3, 0.4) is 0 Å². The Hall–Kier alpha value is 0.300. The van der Waals surface area contributed by atoms with Crippen molar-refractivity contribution in [2.75, 3.05) is 6.61 Å². The molecule has 8 heavy (non-hydrogen) atoms. The molecule has 0 aliphatic heterocycles. The second-order valence-corrected chi connectivity index (χ2v) is 3.55. The number of halogens is 3. The summed E-state index contributed by atoms with van der Waals surface area (Å²) in [6, 6.07) is 0. The number of rotatable bonds is 2. The Morgan fingerprint density at radius 1 is 1.75 bits per heavy atom. The summed E-state index contributed by atoms with van der Waals surface area (Å²) in [5.74, 6) is 0. The maximum Gasteiger partial charge on any atom is 0.255 e. The molecule has 0 aromatic rings. The summed E-state index contributed by atoms with van der Waals surface area (Å²) in [5.41, 5.74) is 0. The van der Waals surface area contributed by atoms with Gasteiger partial charge in [0.15, 0.2) is 0 Å². The van der Waals surface area contributed by atoms with Gasteiger partial charge in [-0.2, -0.15) is 0 Å². The maximum atomic E-state index is 11.6. The first-order valence-corrected chi connectivity index (χ1v) is 2.88. The van der Waals surface area contributed by atoms with Gasteiger partial charge in [0.25, 0.3) is 6.43 Å². The third kappa shape index (κ3) is 2.05. The lowest BCUT2D eigenvalue weighted by atomic mass is 10.2. The normalized spacial score (nSPS) is 18.8. The van der Waals surface area contributed by atoms with Crippen molar-refractivity contribution in [3.8, 4) is 0 Å². The molecule has 0 saturated carbocycles. The second-order valence-electron chi connectivity index (χ2n) is 1.74. The molecule has 0 aromatic carbocycles. The van der Waals surface area contributed by atoms with Crippen LogP contribution in [-0.2, 0) is 0 Å². The Morgan fingerprint density at radius 2 is 2.12 bits per heavy atom. The van der Waals surface area contributed by atoms with Gasteiger partial charge in [-0.15, -0.1) is 0 Å². The summed E-state index contributed by atoms with van der Waals surface area (Å²) in [6.45, 7) is 0.683. The molecule has 0 aliphatic rings. The highest BCUT2D eigenvalue weighted by Gasteiger charge is 2.30. The minimum atomic E-state index is -2.52. The third-order valence-electron chi connectivity index (χ3n) is 0.764. The van der Waals surface area contributed by atoms with Crippen LogP contribution >= 0.6 is 15.9 Å². The molecule has 0 spiro atoms. The van der Waals surface area contributed by atoms with Crippen molar-refractivity contribution in [1.29, 1.82) is 0 Å². The highest BCUT2D eigenvalue weighted by molar-refractivity contribution is 9.10. The van der Waals surface area contributed by atoms with Gasteiger partial charge < -0.3 is 5.11 Å². The molecule has 1 N–H and O–H groups in total. The van der Waals surface area contributed by atoms with Gasteiger partial charge in [-0.3, -0.25) is 0 Å². The molecule has 0 aromatic heterocycles. The summed E-state index contributed by atoms with van der Waals surface area (Å²) < 4.78 is 21.8. The van der Waals surface area contributed by atoms with Gasteiger partial charge in [-0.25, -0.2) is 8.78 Å². The van der Waals surface area contributed by atoms with E-state index in [4.69, 9.17) is 5.11 Å². The Morgan fingerprint density at radius 3 is 2.12 bits per heavy atom. The maximum absolute atomic E-state index is 11.6. The molecule has 1 atom stereocenters. The van der Waals surface area contributed by atoms with Crippen LogP contribution in [0.15, 0.2) is 0 Å². The lowest BCUT2D eigenvalue weighted by Gasteiger charge is -2.16. The first kappa shape index (κ1) is 8.30. The summed E-state index contributed by atoms with van der Waals surface area (Å²) in [5, 5.41) is 8.24. The van der Waals surface area contributed by atoms with E-state index in [1.54, 1.807) is 0 Å². The predicted octanol–water partition coefficient (Wildman–Crippen LogP) is 1.40. The first-order chi connectivity index (χ1) is 3.50. The van der Waals surface area contributed by atoms with E-state index < -0.39 is 17.4 Å². The predicted molar refractivity (Wildman–Crippen MR) is 30.4 cm³/mol. The van der Waals surface area contributed by atoms with Crippen molar-refractivity contribution in [2.45, 2.75) is 17.7 Å². The number of alkyl halides is 3. The fourth-order valence-electron chi connectivity index (χ4n) is 0.0690. The molecule has 0 aliphatic carbocycles. The van der Waals surface area contributed by atoms with Gasteiger partial charge in [0.05, 0.1) is 6.61 Å². The minimum Gasteiger partial charge on any atom is -0.395 e. The molecule has 0 rings (SSSR count). The SMILES string of the molecule is CC(Br)(CO)C(F)F. The van der Waals surface area contributed by atoms with E-state index in [-0.39, 0.29) is 0 Å². The van der Waals surface area contributed by atoms with Crippen molar-refractivity contribution in [3.63, 3.8) is 0 Å². The Labute approximate surface area is 54.8 Å². The van der Waals surface area contributed by atoms with Crippen molar-refractivity contribution in [3.05, 3.63) is 0 Å². The summed E-state index contributed by atoms with van der Waals surface area (Å²) in [7, 11) is 0. The van der Waals surface area contributed by atoms with Crippen LogP contribution in [0.2, 0.25) is 0 Å². The highest BCUT2D eigenvalue weighted by atomic mass is 79.9. The second kappa shape index (κ2) is 2.73. The van der Waals surface area contributed by atoms with E-state index in [0.29, 0.717) is 0 Å². The van der Waals surface area contributed by atoms with Crippen molar-refractivity contribution < 1.29 is 13.9 Å². The third-order valence-corrected chi connectivity index (χ3v) is 1.36. The summed E-state index contributed by atoms with van der Waals surface area (Å²) in [4.78, 5) is 0. The first-order valence-electron chi connectivity index (χ1n) is 2.08. The highest BCUT2D eigenvalue weighted by Crippen LogP contribution is 2.24. The van der Waals surface area contributed by atoms with Crippen LogP contribution in [0, 0.1) is 0 Å². The van der Waals surface area contributed by atoms with E-state index in [1.165, 1.54) is 6.92 Å². The van der Waals surface area contributed by atoms with Gasteiger partial charge in [0.2, 0.25) is 0 Å². The molecule has 0 amide bonds. The fourth-order valence-corrected chi connectivity index (χ4v) is 0.0690. The minimum absolute atomic E-state index is 0.551. The van der Waals surface area contributed by atoms with E-state index in [2.05, 4.69) is 15.9 Å². The van der Waals surface area contributed by atoms with Crippen molar-refractivity contribution in [2.24, 2.45) is 0 Å². The van der Waals surface area contributed by atoms with Gasteiger partial charge in [-0.05, 0) is 6.92 Å². The molecule has 0 bridgehead atoms. The molecule has 4 heteroatoms. The molecule has 1 unspecified atom stereocenters. The number of hydrogen-bond donors (Lipinski definition) is 1. The average Bonchev–Trinajstić information content (AvgIpc) is 1.67. The number of aliphatic hydroxyl groups is 1. The molecule has 0 saturated heterocycles. The Bertz CT molecular complexity index is 74.4. The number of aliphatic hydroxyl groups excluding tert-OH is 1. The average molecular weight is 189 g/mol. The molecule has 0 fully saturated rings. The molecule has 50 valence electrons. The zero-order valence-electron chi connectivity index (χ0n) is 4.37. The molecule has 1 nitrogen and oxygen atoms in total. The number of hydrogen-bond acceptors (Lipinski definition) is 1. The smallest absolute Gasteiger partial charge is 0.255 e. The van der Waals surface area contributed by atoms with E-state index in [0.717, 1.165) is 0 Å².